The second kappa shape index (κ2) is 6.42. The quantitative estimate of drug-likeness (QED) is 0.765. The lowest BCUT2D eigenvalue weighted by Crippen LogP contribution is -2.44. The average molecular weight is 249 g/mol. The van der Waals surface area contributed by atoms with Gasteiger partial charge in [0.15, 0.2) is 0 Å². The zero-order valence-electron chi connectivity index (χ0n) is 9.70. The number of halogens is 1. The van der Waals surface area contributed by atoms with E-state index in [2.05, 4.69) is 17.6 Å². The lowest BCUT2D eigenvalue weighted by atomic mass is 10.2. The molecule has 1 aliphatic carbocycles. The van der Waals surface area contributed by atoms with Gasteiger partial charge in [0.05, 0.1) is 13.2 Å². The summed E-state index contributed by atoms with van der Waals surface area (Å²) >= 11 is 0. The first-order valence-corrected chi connectivity index (χ1v) is 5.83. The first kappa shape index (κ1) is 13.7. The number of amides is 1. The second-order valence-corrected chi connectivity index (χ2v) is 4.71. The molecule has 0 radical (unpaired) electrons. The van der Waals surface area contributed by atoms with Crippen LogP contribution in [0.2, 0.25) is 0 Å². The zero-order chi connectivity index (χ0) is 10.7. The molecule has 1 aliphatic heterocycles. The number of ether oxygens (including phenoxy) is 1. The third-order valence-electron chi connectivity index (χ3n) is 3.27. The maximum atomic E-state index is 11.5. The molecular formula is C11H21ClN2O2. The van der Waals surface area contributed by atoms with Gasteiger partial charge in [-0.2, -0.15) is 0 Å². The van der Waals surface area contributed by atoms with Gasteiger partial charge in [0.2, 0.25) is 5.91 Å². The fourth-order valence-electron chi connectivity index (χ4n) is 1.98. The highest BCUT2D eigenvalue weighted by atomic mass is 35.5. The topological polar surface area (TPSA) is 50.4 Å². The van der Waals surface area contributed by atoms with Crippen molar-refractivity contribution in [1.82, 2.24) is 10.6 Å². The molecule has 0 aromatic rings. The molecule has 16 heavy (non-hydrogen) atoms. The fourth-order valence-corrected chi connectivity index (χ4v) is 1.98. The standard InChI is InChI=1S/C11H20N2O2.ClH/c1-8-4-9(8)6-13-11(14)5-10-7-15-3-2-12-10;/h8-10,12H,2-7H2,1H3,(H,13,14);1H. The molecule has 0 aromatic heterocycles. The van der Waals surface area contributed by atoms with Crippen molar-refractivity contribution >= 4 is 18.3 Å². The van der Waals surface area contributed by atoms with Crippen LogP contribution in [0.25, 0.3) is 0 Å². The average Bonchev–Trinajstić information content (AvgIpc) is 2.93. The van der Waals surface area contributed by atoms with E-state index in [0.717, 1.165) is 31.5 Å². The van der Waals surface area contributed by atoms with Gasteiger partial charge < -0.3 is 15.4 Å². The number of hydrogen-bond acceptors (Lipinski definition) is 3. The van der Waals surface area contributed by atoms with E-state index in [9.17, 15) is 4.79 Å². The number of nitrogens with one attached hydrogen (secondary N) is 2. The van der Waals surface area contributed by atoms with E-state index in [1.807, 2.05) is 0 Å². The predicted molar refractivity (Wildman–Crippen MR) is 64.8 cm³/mol. The van der Waals surface area contributed by atoms with Gasteiger partial charge >= 0.3 is 0 Å². The van der Waals surface area contributed by atoms with Crippen molar-refractivity contribution in [3.8, 4) is 0 Å². The smallest absolute Gasteiger partial charge is 0.221 e. The summed E-state index contributed by atoms with van der Waals surface area (Å²) in [5.41, 5.74) is 0. The lowest BCUT2D eigenvalue weighted by Gasteiger charge is -2.23. The van der Waals surface area contributed by atoms with E-state index in [0.29, 0.717) is 13.0 Å². The number of morpholine rings is 1. The van der Waals surface area contributed by atoms with Crippen molar-refractivity contribution < 1.29 is 9.53 Å². The van der Waals surface area contributed by atoms with Gasteiger partial charge in [-0.25, -0.2) is 0 Å². The van der Waals surface area contributed by atoms with Gasteiger partial charge in [0, 0.05) is 25.6 Å². The Morgan fingerprint density at radius 2 is 2.31 bits per heavy atom. The number of carbonyl (C=O) groups is 1. The van der Waals surface area contributed by atoms with E-state index in [4.69, 9.17) is 4.74 Å². The summed E-state index contributed by atoms with van der Waals surface area (Å²) in [4.78, 5) is 11.5. The van der Waals surface area contributed by atoms with Crippen LogP contribution in [-0.2, 0) is 9.53 Å². The molecule has 1 heterocycles. The molecule has 1 saturated heterocycles. The molecule has 2 rings (SSSR count). The molecule has 4 nitrogen and oxygen atoms in total. The molecule has 2 fully saturated rings. The Bertz CT molecular complexity index is 232. The Labute approximate surface area is 103 Å². The molecule has 5 heteroatoms. The van der Waals surface area contributed by atoms with Crippen molar-refractivity contribution in [2.24, 2.45) is 11.8 Å². The highest BCUT2D eigenvalue weighted by molar-refractivity contribution is 5.85. The van der Waals surface area contributed by atoms with Crippen LogP contribution in [0.5, 0.6) is 0 Å². The number of rotatable bonds is 4. The van der Waals surface area contributed by atoms with E-state index in [1.54, 1.807) is 0 Å². The summed E-state index contributed by atoms with van der Waals surface area (Å²) < 4.78 is 5.30. The SMILES string of the molecule is CC1CC1CNC(=O)CC1COCCN1.Cl. The lowest BCUT2D eigenvalue weighted by molar-refractivity contribution is -0.122. The van der Waals surface area contributed by atoms with Gasteiger partial charge in [-0.3, -0.25) is 4.79 Å². The molecule has 1 saturated carbocycles. The van der Waals surface area contributed by atoms with Gasteiger partial charge in [-0.15, -0.1) is 12.4 Å². The summed E-state index contributed by atoms with van der Waals surface area (Å²) in [6.45, 7) is 5.36. The molecular weight excluding hydrogens is 228 g/mol. The van der Waals surface area contributed by atoms with Crippen LogP contribution in [-0.4, -0.2) is 38.3 Å². The molecule has 0 aromatic carbocycles. The van der Waals surface area contributed by atoms with Gasteiger partial charge in [0.1, 0.15) is 0 Å². The maximum Gasteiger partial charge on any atom is 0.221 e. The van der Waals surface area contributed by atoms with E-state index in [-0.39, 0.29) is 24.4 Å². The largest absolute Gasteiger partial charge is 0.378 e. The molecule has 3 unspecified atom stereocenters. The number of carbonyl (C=O) groups excluding carboxylic acids is 1. The minimum absolute atomic E-state index is 0. The fraction of sp³-hybridized carbons (Fsp3) is 0.909. The Kier molecular flexibility index (Phi) is 5.52. The van der Waals surface area contributed by atoms with Crippen LogP contribution < -0.4 is 10.6 Å². The Morgan fingerprint density at radius 1 is 1.56 bits per heavy atom. The Morgan fingerprint density at radius 3 is 2.88 bits per heavy atom. The van der Waals surface area contributed by atoms with Crippen LogP contribution in [0.1, 0.15) is 19.8 Å². The van der Waals surface area contributed by atoms with Crippen LogP contribution in [0, 0.1) is 11.8 Å². The van der Waals surface area contributed by atoms with Crippen molar-refractivity contribution in [2.45, 2.75) is 25.8 Å². The molecule has 0 spiro atoms. The van der Waals surface area contributed by atoms with Gasteiger partial charge in [0.25, 0.3) is 0 Å². The van der Waals surface area contributed by atoms with E-state index >= 15 is 0 Å². The second-order valence-electron chi connectivity index (χ2n) is 4.71. The van der Waals surface area contributed by atoms with Crippen molar-refractivity contribution in [3.05, 3.63) is 0 Å². The van der Waals surface area contributed by atoms with Gasteiger partial charge in [-0.1, -0.05) is 6.92 Å². The highest BCUT2D eigenvalue weighted by Gasteiger charge is 2.32. The summed E-state index contributed by atoms with van der Waals surface area (Å²) in [7, 11) is 0. The van der Waals surface area contributed by atoms with Crippen LogP contribution in [0.15, 0.2) is 0 Å². The minimum Gasteiger partial charge on any atom is -0.378 e. The van der Waals surface area contributed by atoms with Crippen LogP contribution in [0.3, 0.4) is 0 Å². The predicted octanol–water partition coefficient (Wildman–Crippen LogP) is 0.559. The van der Waals surface area contributed by atoms with E-state index < -0.39 is 0 Å². The third-order valence-corrected chi connectivity index (χ3v) is 3.27. The molecule has 0 bridgehead atoms. The molecule has 94 valence electrons. The molecule has 1 amide bonds. The molecule has 2 aliphatic rings. The number of hydrogen-bond donors (Lipinski definition) is 2. The minimum atomic E-state index is 0. The summed E-state index contributed by atoms with van der Waals surface area (Å²) in [6, 6.07) is 0.204. The Hall–Kier alpha value is -0.320. The zero-order valence-corrected chi connectivity index (χ0v) is 10.5. The van der Waals surface area contributed by atoms with Crippen LogP contribution >= 0.6 is 12.4 Å². The first-order chi connectivity index (χ1) is 7.25. The van der Waals surface area contributed by atoms with Crippen molar-refractivity contribution in [3.63, 3.8) is 0 Å². The summed E-state index contributed by atoms with van der Waals surface area (Å²) in [5.74, 6) is 1.68. The Balaban J connectivity index is 0.00000128. The van der Waals surface area contributed by atoms with Gasteiger partial charge in [-0.05, 0) is 18.3 Å². The first-order valence-electron chi connectivity index (χ1n) is 5.83. The monoisotopic (exact) mass is 248 g/mol. The summed E-state index contributed by atoms with van der Waals surface area (Å²) in [5, 5.41) is 6.26. The normalized spacial score (nSPS) is 32.7. The maximum absolute atomic E-state index is 11.5. The van der Waals surface area contributed by atoms with E-state index in [1.165, 1.54) is 6.42 Å². The summed E-state index contributed by atoms with van der Waals surface area (Å²) in [6.07, 6.45) is 1.81. The van der Waals surface area contributed by atoms with Crippen molar-refractivity contribution in [2.75, 3.05) is 26.3 Å². The van der Waals surface area contributed by atoms with Crippen molar-refractivity contribution in [1.29, 1.82) is 0 Å². The molecule has 3 atom stereocenters. The third kappa shape index (κ3) is 4.28. The van der Waals surface area contributed by atoms with Crippen LogP contribution in [0.4, 0.5) is 0 Å². The highest BCUT2D eigenvalue weighted by Crippen LogP contribution is 2.36. The molecule has 2 N–H and O–H groups in total.